The molecule has 0 aromatic carbocycles. The lowest BCUT2D eigenvalue weighted by Crippen LogP contribution is -2.30. The van der Waals surface area contributed by atoms with Crippen LogP contribution >= 0.6 is 0 Å². The lowest BCUT2D eigenvalue weighted by molar-refractivity contribution is -0.167. The fraction of sp³-hybridized carbons (Fsp3) is 0.741. The van der Waals surface area contributed by atoms with Crippen molar-refractivity contribution in [2.75, 3.05) is 13.2 Å². The van der Waals surface area contributed by atoms with Crippen LogP contribution in [0.2, 0.25) is 0 Å². The highest BCUT2D eigenvalue weighted by Gasteiger charge is 2.19. The fourth-order valence-corrected chi connectivity index (χ4v) is 7.31. The first kappa shape index (κ1) is 60.9. The van der Waals surface area contributed by atoms with E-state index in [1.807, 2.05) is 0 Å². The van der Waals surface area contributed by atoms with E-state index in [1.54, 1.807) is 0 Å². The molecule has 0 radical (unpaired) electrons. The largest absolute Gasteiger partial charge is 0.462 e. The number of carbonyl (C=O) groups excluding carboxylic acids is 3. The molecule has 0 heterocycles. The maximum absolute atomic E-state index is 12.8. The lowest BCUT2D eigenvalue weighted by Gasteiger charge is -2.18. The van der Waals surface area contributed by atoms with Gasteiger partial charge in [-0.3, -0.25) is 14.4 Å². The molecule has 64 heavy (non-hydrogen) atoms. The third-order valence-corrected chi connectivity index (χ3v) is 11.4. The summed E-state index contributed by atoms with van der Waals surface area (Å²) in [5, 5.41) is 0. The standard InChI is InChI=1S/C58H100O6/c1-4-7-10-13-16-19-22-25-27-29-31-33-36-39-42-45-48-51-57(60)63-54-55(53-62-56(59)50-47-44-41-38-35-24-21-18-15-12-9-6-3)64-58(61)52-49-46-43-40-37-34-32-30-28-26-23-20-17-14-11-8-5-2/h17-18,20-21,25-28,31,33,39,42,55H,4-16,19,22-24,29-30,32,34-38,40-41,43-54H2,1-3H3/b20-17-,21-18-,27-25-,28-26-,33-31-,42-39-. The van der Waals surface area contributed by atoms with Crippen molar-refractivity contribution in [3.8, 4) is 0 Å². The van der Waals surface area contributed by atoms with Crippen molar-refractivity contribution >= 4 is 17.9 Å². The molecule has 0 aromatic heterocycles. The zero-order valence-electron chi connectivity index (χ0n) is 42.0. The third kappa shape index (κ3) is 49.9. The van der Waals surface area contributed by atoms with Gasteiger partial charge in [-0.25, -0.2) is 0 Å². The number of allylic oxidation sites excluding steroid dienone is 12. The number of ether oxygens (including phenoxy) is 3. The second kappa shape index (κ2) is 52.5. The Balaban J connectivity index is 4.47. The van der Waals surface area contributed by atoms with Gasteiger partial charge in [0, 0.05) is 19.3 Å². The average molecular weight is 893 g/mol. The number of hydrogen-bond donors (Lipinski definition) is 0. The zero-order valence-corrected chi connectivity index (χ0v) is 42.0. The van der Waals surface area contributed by atoms with Crippen LogP contribution < -0.4 is 0 Å². The van der Waals surface area contributed by atoms with Gasteiger partial charge in [0.2, 0.25) is 0 Å². The third-order valence-electron chi connectivity index (χ3n) is 11.4. The van der Waals surface area contributed by atoms with Crippen LogP contribution in [0.5, 0.6) is 0 Å². The Morgan fingerprint density at radius 1 is 0.312 bits per heavy atom. The number of esters is 3. The molecule has 6 nitrogen and oxygen atoms in total. The van der Waals surface area contributed by atoms with Gasteiger partial charge in [0.05, 0.1) is 0 Å². The maximum Gasteiger partial charge on any atom is 0.306 e. The molecule has 0 rings (SSSR count). The van der Waals surface area contributed by atoms with Gasteiger partial charge in [-0.1, -0.05) is 203 Å². The van der Waals surface area contributed by atoms with Crippen LogP contribution in [0, 0.1) is 0 Å². The first-order valence-electron chi connectivity index (χ1n) is 26.9. The highest BCUT2D eigenvalue weighted by atomic mass is 16.6. The van der Waals surface area contributed by atoms with Crippen molar-refractivity contribution in [2.45, 2.75) is 264 Å². The van der Waals surface area contributed by atoms with Crippen molar-refractivity contribution in [1.29, 1.82) is 0 Å². The normalized spacial score (nSPS) is 12.6. The molecule has 0 aliphatic rings. The van der Waals surface area contributed by atoms with Gasteiger partial charge < -0.3 is 14.2 Å². The van der Waals surface area contributed by atoms with Gasteiger partial charge in [0.15, 0.2) is 6.10 Å². The highest BCUT2D eigenvalue weighted by molar-refractivity contribution is 5.71. The van der Waals surface area contributed by atoms with Crippen molar-refractivity contribution in [1.82, 2.24) is 0 Å². The molecule has 0 fully saturated rings. The number of hydrogen-bond acceptors (Lipinski definition) is 6. The van der Waals surface area contributed by atoms with Crippen molar-refractivity contribution < 1.29 is 28.6 Å². The molecular formula is C58H100O6. The van der Waals surface area contributed by atoms with E-state index in [2.05, 4.69) is 93.7 Å². The number of rotatable bonds is 48. The van der Waals surface area contributed by atoms with E-state index < -0.39 is 6.10 Å². The zero-order chi connectivity index (χ0) is 46.5. The monoisotopic (exact) mass is 893 g/mol. The second-order valence-corrected chi connectivity index (χ2v) is 17.8. The average Bonchev–Trinajstić information content (AvgIpc) is 3.29. The van der Waals surface area contributed by atoms with Gasteiger partial charge in [-0.05, 0) is 109 Å². The van der Waals surface area contributed by atoms with Crippen molar-refractivity contribution in [2.24, 2.45) is 0 Å². The molecule has 0 aliphatic carbocycles. The molecule has 0 saturated carbocycles. The molecule has 0 spiro atoms. The first-order valence-corrected chi connectivity index (χ1v) is 26.9. The summed E-state index contributed by atoms with van der Waals surface area (Å²) in [6.07, 6.45) is 66.0. The van der Waals surface area contributed by atoms with E-state index in [-0.39, 0.29) is 37.5 Å². The van der Waals surface area contributed by atoms with Crippen molar-refractivity contribution in [3.05, 3.63) is 72.9 Å². The molecule has 368 valence electrons. The first-order chi connectivity index (χ1) is 31.5. The minimum Gasteiger partial charge on any atom is -0.462 e. The Hall–Kier alpha value is -3.15. The molecule has 0 saturated heterocycles. The van der Waals surface area contributed by atoms with Crippen molar-refractivity contribution in [3.63, 3.8) is 0 Å². The van der Waals surface area contributed by atoms with Crippen LogP contribution in [0.4, 0.5) is 0 Å². The topological polar surface area (TPSA) is 78.9 Å². The summed E-state index contributed by atoms with van der Waals surface area (Å²) >= 11 is 0. The Kier molecular flexibility index (Phi) is 49.9. The molecule has 0 bridgehead atoms. The van der Waals surface area contributed by atoms with Gasteiger partial charge >= 0.3 is 17.9 Å². The molecule has 0 aliphatic heterocycles. The predicted octanol–water partition coefficient (Wildman–Crippen LogP) is 17.8. The Morgan fingerprint density at radius 2 is 0.578 bits per heavy atom. The molecule has 0 amide bonds. The molecule has 1 atom stereocenters. The van der Waals surface area contributed by atoms with Gasteiger partial charge in [-0.2, -0.15) is 0 Å². The van der Waals surface area contributed by atoms with Crippen LogP contribution in [-0.2, 0) is 28.6 Å². The van der Waals surface area contributed by atoms with E-state index >= 15 is 0 Å². The van der Waals surface area contributed by atoms with E-state index in [1.165, 1.54) is 135 Å². The molecule has 6 heteroatoms. The predicted molar refractivity (Wildman–Crippen MR) is 274 cm³/mol. The Morgan fingerprint density at radius 3 is 0.984 bits per heavy atom. The summed E-state index contributed by atoms with van der Waals surface area (Å²) in [5.74, 6) is -0.967. The SMILES string of the molecule is CCCCC/C=C\C/C=C\CCCCCCCCCC(=O)OC(COC(=O)CCC/C=C\C/C=C\C/C=C\CCCCCCCC)COC(=O)CCCCCCC/C=C\CCCCC. The van der Waals surface area contributed by atoms with Gasteiger partial charge in [-0.15, -0.1) is 0 Å². The summed E-state index contributed by atoms with van der Waals surface area (Å²) in [5.41, 5.74) is 0. The molecule has 0 N–H and O–H groups in total. The molecule has 0 aromatic rings. The quantitative estimate of drug-likeness (QED) is 0.0262. The van der Waals surface area contributed by atoms with Crippen LogP contribution in [0.3, 0.4) is 0 Å². The van der Waals surface area contributed by atoms with E-state index in [0.717, 1.165) is 77.0 Å². The summed E-state index contributed by atoms with van der Waals surface area (Å²) in [4.78, 5) is 38.0. The highest BCUT2D eigenvalue weighted by Crippen LogP contribution is 2.14. The minimum atomic E-state index is -0.802. The summed E-state index contributed by atoms with van der Waals surface area (Å²) in [7, 11) is 0. The second-order valence-electron chi connectivity index (χ2n) is 17.8. The Bertz CT molecular complexity index is 1210. The smallest absolute Gasteiger partial charge is 0.306 e. The van der Waals surface area contributed by atoms with Crippen LogP contribution in [-0.4, -0.2) is 37.2 Å². The summed E-state index contributed by atoms with van der Waals surface area (Å²) < 4.78 is 16.8. The summed E-state index contributed by atoms with van der Waals surface area (Å²) in [6.45, 7) is 6.53. The van der Waals surface area contributed by atoms with Gasteiger partial charge in [0.1, 0.15) is 13.2 Å². The van der Waals surface area contributed by atoms with E-state index in [0.29, 0.717) is 19.3 Å². The summed E-state index contributed by atoms with van der Waals surface area (Å²) in [6, 6.07) is 0. The molecule has 1 unspecified atom stereocenters. The lowest BCUT2D eigenvalue weighted by atomic mass is 10.1. The van der Waals surface area contributed by atoms with Crippen LogP contribution in [0.25, 0.3) is 0 Å². The fourth-order valence-electron chi connectivity index (χ4n) is 7.31. The number of unbranched alkanes of at least 4 members (excludes halogenated alkanes) is 25. The minimum absolute atomic E-state index is 0.0987. The van der Waals surface area contributed by atoms with E-state index in [9.17, 15) is 14.4 Å². The van der Waals surface area contributed by atoms with Crippen LogP contribution in [0.15, 0.2) is 72.9 Å². The molecular weight excluding hydrogens is 793 g/mol. The van der Waals surface area contributed by atoms with Gasteiger partial charge in [0.25, 0.3) is 0 Å². The number of carbonyl (C=O) groups is 3. The maximum atomic E-state index is 12.8. The Labute approximate surface area is 395 Å². The van der Waals surface area contributed by atoms with Crippen LogP contribution in [0.1, 0.15) is 258 Å². The van der Waals surface area contributed by atoms with E-state index in [4.69, 9.17) is 14.2 Å².